The van der Waals surface area contributed by atoms with E-state index < -0.39 is 0 Å². The zero-order valence-electron chi connectivity index (χ0n) is 9.72. The summed E-state index contributed by atoms with van der Waals surface area (Å²) in [6.07, 6.45) is 6.58. The van der Waals surface area contributed by atoms with E-state index in [1.54, 1.807) is 4.68 Å². The van der Waals surface area contributed by atoms with Crippen LogP contribution in [0.1, 0.15) is 31.4 Å². The van der Waals surface area contributed by atoms with Crippen molar-refractivity contribution in [3.63, 3.8) is 0 Å². The third kappa shape index (κ3) is 3.26. The van der Waals surface area contributed by atoms with Gasteiger partial charge in [-0.1, -0.05) is 5.21 Å². The number of rotatable bonds is 6. The molecule has 2 N–H and O–H groups in total. The van der Waals surface area contributed by atoms with Gasteiger partial charge in [-0.2, -0.15) is 0 Å². The monoisotopic (exact) mass is 235 g/mol. The average Bonchev–Trinajstić information content (AvgIpc) is 3.19. The SMILES string of the molecule is O=C(Cn1cc(CNC2CC2)nn1)NC1CC1. The highest BCUT2D eigenvalue weighted by Crippen LogP contribution is 2.19. The molecule has 6 nitrogen and oxygen atoms in total. The summed E-state index contributed by atoms with van der Waals surface area (Å²) in [5.74, 6) is 0.0269. The number of hydrogen-bond donors (Lipinski definition) is 2. The predicted molar refractivity (Wildman–Crippen MR) is 61.0 cm³/mol. The molecule has 2 saturated carbocycles. The molecule has 2 fully saturated rings. The van der Waals surface area contributed by atoms with Crippen molar-refractivity contribution in [1.29, 1.82) is 0 Å². The molecule has 1 aromatic rings. The second-order valence-corrected chi connectivity index (χ2v) is 4.90. The van der Waals surface area contributed by atoms with E-state index in [1.807, 2.05) is 6.20 Å². The minimum Gasteiger partial charge on any atom is -0.352 e. The van der Waals surface area contributed by atoms with E-state index in [4.69, 9.17) is 0 Å². The molecular weight excluding hydrogens is 218 g/mol. The van der Waals surface area contributed by atoms with Crippen LogP contribution < -0.4 is 10.6 Å². The second kappa shape index (κ2) is 4.44. The summed E-state index contributed by atoms with van der Waals surface area (Å²) >= 11 is 0. The third-order valence-electron chi connectivity index (χ3n) is 2.98. The number of hydrogen-bond acceptors (Lipinski definition) is 4. The average molecular weight is 235 g/mol. The fourth-order valence-electron chi connectivity index (χ4n) is 1.68. The van der Waals surface area contributed by atoms with E-state index in [0.717, 1.165) is 25.1 Å². The van der Waals surface area contributed by atoms with Crippen LogP contribution in [0.15, 0.2) is 6.20 Å². The highest BCUT2D eigenvalue weighted by Gasteiger charge is 2.23. The van der Waals surface area contributed by atoms with Crippen LogP contribution in [0, 0.1) is 0 Å². The number of aromatic nitrogens is 3. The van der Waals surface area contributed by atoms with E-state index in [9.17, 15) is 4.79 Å². The van der Waals surface area contributed by atoms with Crippen LogP contribution in [0.25, 0.3) is 0 Å². The molecule has 1 amide bonds. The number of carbonyl (C=O) groups excluding carboxylic acids is 1. The smallest absolute Gasteiger partial charge is 0.242 e. The van der Waals surface area contributed by atoms with Gasteiger partial charge in [-0.25, -0.2) is 4.68 Å². The van der Waals surface area contributed by atoms with Crippen molar-refractivity contribution in [2.45, 2.75) is 50.9 Å². The Morgan fingerprint density at radius 1 is 1.35 bits per heavy atom. The van der Waals surface area contributed by atoms with Gasteiger partial charge in [0.1, 0.15) is 6.54 Å². The van der Waals surface area contributed by atoms with Gasteiger partial charge in [-0.15, -0.1) is 5.10 Å². The molecule has 0 spiro atoms. The fourth-order valence-corrected chi connectivity index (χ4v) is 1.68. The van der Waals surface area contributed by atoms with Gasteiger partial charge < -0.3 is 10.6 Å². The minimum atomic E-state index is 0.0269. The van der Waals surface area contributed by atoms with Crippen LogP contribution >= 0.6 is 0 Å². The fraction of sp³-hybridized carbons (Fsp3) is 0.727. The molecule has 3 rings (SSSR count). The highest BCUT2D eigenvalue weighted by atomic mass is 16.2. The molecule has 0 atom stereocenters. The van der Waals surface area contributed by atoms with Crippen LogP contribution in [0.5, 0.6) is 0 Å². The van der Waals surface area contributed by atoms with E-state index in [-0.39, 0.29) is 12.5 Å². The Bertz CT molecular complexity index is 408. The van der Waals surface area contributed by atoms with Crippen molar-refractivity contribution in [2.24, 2.45) is 0 Å². The second-order valence-electron chi connectivity index (χ2n) is 4.90. The molecule has 0 radical (unpaired) electrons. The van der Waals surface area contributed by atoms with Crippen molar-refractivity contribution in [1.82, 2.24) is 25.6 Å². The number of nitrogens with zero attached hydrogens (tertiary/aromatic N) is 3. The Labute approximate surface area is 99.8 Å². The van der Waals surface area contributed by atoms with Gasteiger partial charge in [0, 0.05) is 18.6 Å². The van der Waals surface area contributed by atoms with Gasteiger partial charge in [0.15, 0.2) is 0 Å². The maximum Gasteiger partial charge on any atom is 0.242 e. The topological polar surface area (TPSA) is 71.8 Å². The highest BCUT2D eigenvalue weighted by molar-refractivity contribution is 5.76. The molecule has 1 heterocycles. The summed E-state index contributed by atoms with van der Waals surface area (Å²) in [6.45, 7) is 1.02. The van der Waals surface area contributed by atoms with Crippen molar-refractivity contribution < 1.29 is 4.79 Å². The summed E-state index contributed by atoms with van der Waals surface area (Å²) in [6, 6.07) is 1.07. The molecule has 0 bridgehead atoms. The lowest BCUT2D eigenvalue weighted by Gasteiger charge is -2.01. The summed E-state index contributed by atoms with van der Waals surface area (Å²) in [5, 5.41) is 14.3. The molecule has 17 heavy (non-hydrogen) atoms. The van der Waals surface area contributed by atoms with Crippen LogP contribution in [0.2, 0.25) is 0 Å². The molecule has 6 heteroatoms. The first-order valence-electron chi connectivity index (χ1n) is 6.21. The molecular formula is C11H17N5O. The first kappa shape index (κ1) is 10.7. The first-order valence-corrected chi connectivity index (χ1v) is 6.21. The Kier molecular flexibility index (Phi) is 2.80. The van der Waals surface area contributed by atoms with Crippen LogP contribution in [-0.4, -0.2) is 33.0 Å². The maximum absolute atomic E-state index is 11.5. The van der Waals surface area contributed by atoms with Crippen LogP contribution in [0.3, 0.4) is 0 Å². The molecule has 0 aromatic carbocycles. The predicted octanol–water partition coefficient (Wildman–Crippen LogP) is -0.191. The summed E-state index contributed by atoms with van der Waals surface area (Å²) < 4.78 is 1.60. The summed E-state index contributed by atoms with van der Waals surface area (Å²) in [4.78, 5) is 11.5. The largest absolute Gasteiger partial charge is 0.352 e. The number of nitrogens with one attached hydrogen (secondary N) is 2. The van der Waals surface area contributed by atoms with E-state index in [2.05, 4.69) is 20.9 Å². The van der Waals surface area contributed by atoms with Gasteiger partial charge in [-0.05, 0) is 25.7 Å². The van der Waals surface area contributed by atoms with Crippen molar-refractivity contribution in [3.8, 4) is 0 Å². The van der Waals surface area contributed by atoms with E-state index in [0.29, 0.717) is 12.1 Å². The quantitative estimate of drug-likeness (QED) is 0.717. The number of carbonyl (C=O) groups is 1. The first-order chi connectivity index (χ1) is 8.29. The summed E-state index contributed by atoms with van der Waals surface area (Å²) in [5.41, 5.74) is 0.899. The lowest BCUT2D eigenvalue weighted by molar-refractivity contribution is -0.122. The lowest BCUT2D eigenvalue weighted by atomic mass is 10.4. The van der Waals surface area contributed by atoms with Gasteiger partial charge in [-0.3, -0.25) is 4.79 Å². The Hall–Kier alpha value is -1.43. The lowest BCUT2D eigenvalue weighted by Crippen LogP contribution is -2.29. The Morgan fingerprint density at radius 2 is 2.12 bits per heavy atom. The third-order valence-corrected chi connectivity index (χ3v) is 2.98. The molecule has 2 aliphatic carbocycles. The van der Waals surface area contributed by atoms with E-state index >= 15 is 0 Å². The van der Waals surface area contributed by atoms with Crippen molar-refractivity contribution >= 4 is 5.91 Å². The normalized spacial score (nSPS) is 19.3. The molecule has 0 unspecified atom stereocenters. The zero-order chi connectivity index (χ0) is 11.7. The minimum absolute atomic E-state index is 0.0269. The van der Waals surface area contributed by atoms with E-state index in [1.165, 1.54) is 12.8 Å². The van der Waals surface area contributed by atoms with Gasteiger partial charge in [0.05, 0.1) is 11.9 Å². The van der Waals surface area contributed by atoms with Crippen LogP contribution in [-0.2, 0) is 17.9 Å². The molecule has 92 valence electrons. The molecule has 2 aliphatic rings. The molecule has 0 aliphatic heterocycles. The molecule has 0 saturated heterocycles. The summed E-state index contributed by atoms with van der Waals surface area (Å²) in [7, 11) is 0. The van der Waals surface area contributed by atoms with Crippen LogP contribution in [0.4, 0.5) is 0 Å². The molecule has 1 aromatic heterocycles. The Balaban J connectivity index is 1.46. The van der Waals surface area contributed by atoms with Gasteiger partial charge in [0.25, 0.3) is 0 Å². The number of amides is 1. The zero-order valence-corrected chi connectivity index (χ0v) is 9.72. The van der Waals surface area contributed by atoms with Crippen molar-refractivity contribution in [2.75, 3.05) is 0 Å². The van der Waals surface area contributed by atoms with Crippen molar-refractivity contribution in [3.05, 3.63) is 11.9 Å². The van der Waals surface area contributed by atoms with Gasteiger partial charge in [0.2, 0.25) is 5.91 Å². The standard InChI is InChI=1S/C11H17N5O/c17-11(13-9-3-4-9)7-16-6-10(14-15-16)5-12-8-1-2-8/h6,8-9,12H,1-5,7H2,(H,13,17). The Morgan fingerprint density at radius 3 is 2.82 bits per heavy atom. The van der Waals surface area contributed by atoms with Gasteiger partial charge >= 0.3 is 0 Å². The maximum atomic E-state index is 11.5.